The highest BCUT2D eigenvalue weighted by Gasteiger charge is 2.31. The lowest BCUT2D eigenvalue weighted by Gasteiger charge is -2.30. The first-order valence-electron chi connectivity index (χ1n) is 6.22. The molecule has 6 heteroatoms. The summed E-state index contributed by atoms with van der Waals surface area (Å²) in [5, 5.41) is 0.763. The maximum atomic E-state index is 11.9. The Bertz CT molecular complexity index is 554. The SMILES string of the molecule is Cc1ccc(Cl)cc1CNS(=O)(=O)CC1CC(Cl)C1. The molecule has 0 amide bonds. The van der Waals surface area contributed by atoms with E-state index in [1.807, 2.05) is 13.0 Å². The zero-order valence-electron chi connectivity index (χ0n) is 10.7. The predicted molar refractivity (Wildman–Crippen MR) is 79.2 cm³/mol. The van der Waals surface area contributed by atoms with Crippen LogP contribution in [0.15, 0.2) is 18.2 Å². The quantitative estimate of drug-likeness (QED) is 0.847. The number of halogens is 2. The normalized spacial score (nSPS) is 23.1. The lowest BCUT2D eigenvalue weighted by atomic mass is 9.87. The van der Waals surface area contributed by atoms with Crippen molar-refractivity contribution in [2.75, 3.05) is 5.75 Å². The van der Waals surface area contributed by atoms with E-state index >= 15 is 0 Å². The summed E-state index contributed by atoms with van der Waals surface area (Å²) in [5.41, 5.74) is 1.93. The molecule has 1 fully saturated rings. The summed E-state index contributed by atoms with van der Waals surface area (Å²) in [5.74, 6) is 0.357. The molecule has 19 heavy (non-hydrogen) atoms. The van der Waals surface area contributed by atoms with Gasteiger partial charge in [0.1, 0.15) is 0 Å². The molecule has 0 atom stereocenters. The number of alkyl halides is 1. The minimum absolute atomic E-state index is 0.148. The van der Waals surface area contributed by atoms with Gasteiger partial charge in [0, 0.05) is 16.9 Å². The van der Waals surface area contributed by atoms with E-state index in [0.29, 0.717) is 5.02 Å². The minimum atomic E-state index is -3.24. The summed E-state index contributed by atoms with van der Waals surface area (Å²) in [6, 6.07) is 5.47. The van der Waals surface area contributed by atoms with Crippen molar-refractivity contribution in [1.29, 1.82) is 0 Å². The zero-order valence-corrected chi connectivity index (χ0v) is 13.0. The molecule has 106 valence electrons. The van der Waals surface area contributed by atoms with E-state index in [4.69, 9.17) is 23.2 Å². The second-order valence-corrected chi connectivity index (χ2v) is 8.01. The van der Waals surface area contributed by atoms with Gasteiger partial charge < -0.3 is 0 Å². The van der Waals surface area contributed by atoms with Crippen molar-refractivity contribution >= 4 is 33.2 Å². The highest BCUT2D eigenvalue weighted by atomic mass is 35.5. The molecule has 1 aliphatic carbocycles. The Balaban J connectivity index is 1.92. The molecule has 1 aromatic carbocycles. The van der Waals surface area contributed by atoms with Gasteiger partial charge in [-0.25, -0.2) is 13.1 Å². The van der Waals surface area contributed by atoms with Gasteiger partial charge in [-0.1, -0.05) is 17.7 Å². The van der Waals surface area contributed by atoms with Crippen LogP contribution in [0.4, 0.5) is 0 Å². The first-order valence-corrected chi connectivity index (χ1v) is 8.69. The van der Waals surface area contributed by atoms with Gasteiger partial charge >= 0.3 is 0 Å². The van der Waals surface area contributed by atoms with Crippen molar-refractivity contribution in [2.45, 2.75) is 31.7 Å². The molecule has 0 unspecified atom stereocenters. The molecule has 1 aromatic rings. The second-order valence-electron chi connectivity index (χ2n) is 5.11. The van der Waals surface area contributed by atoms with Crippen molar-refractivity contribution in [1.82, 2.24) is 4.72 Å². The first kappa shape index (κ1) is 15.1. The number of sulfonamides is 1. The Morgan fingerprint density at radius 1 is 1.37 bits per heavy atom. The molecule has 0 aromatic heterocycles. The van der Waals surface area contributed by atoms with Crippen molar-refractivity contribution in [3.8, 4) is 0 Å². The smallest absolute Gasteiger partial charge is 0.212 e. The Morgan fingerprint density at radius 3 is 2.68 bits per heavy atom. The van der Waals surface area contributed by atoms with E-state index in [9.17, 15) is 8.42 Å². The van der Waals surface area contributed by atoms with Gasteiger partial charge in [0.2, 0.25) is 10.0 Å². The van der Waals surface area contributed by atoms with Crippen LogP contribution in [0.3, 0.4) is 0 Å². The Hall–Kier alpha value is -0.290. The average molecular weight is 322 g/mol. The zero-order chi connectivity index (χ0) is 14.0. The first-order chi connectivity index (χ1) is 8.85. The summed E-state index contributed by atoms with van der Waals surface area (Å²) >= 11 is 11.8. The fraction of sp³-hybridized carbons (Fsp3) is 0.538. The van der Waals surface area contributed by atoms with Crippen molar-refractivity contribution < 1.29 is 8.42 Å². The summed E-state index contributed by atoms with van der Waals surface area (Å²) in [6.45, 7) is 2.22. The Labute approximate surface area is 124 Å². The summed E-state index contributed by atoms with van der Waals surface area (Å²) in [4.78, 5) is 0. The molecule has 1 saturated carbocycles. The molecule has 0 aliphatic heterocycles. The highest BCUT2D eigenvalue weighted by Crippen LogP contribution is 2.32. The van der Waals surface area contributed by atoms with Gasteiger partial charge in [0.25, 0.3) is 0 Å². The minimum Gasteiger partial charge on any atom is -0.212 e. The Kier molecular flexibility index (Phi) is 4.77. The molecule has 0 radical (unpaired) electrons. The van der Waals surface area contributed by atoms with Gasteiger partial charge in [0.05, 0.1) is 5.75 Å². The van der Waals surface area contributed by atoms with Crippen molar-refractivity contribution in [3.63, 3.8) is 0 Å². The molecule has 0 saturated heterocycles. The third-order valence-corrected chi connectivity index (χ3v) is 5.51. The monoisotopic (exact) mass is 321 g/mol. The van der Waals surface area contributed by atoms with Crippen molar-refractivity contribution in [3.05, 3.63) is 34.3 Å². The van der Waals surface area contributed by atoms with Gasteiger partial charge in [-0.05, 0) is 48.9 Å². The molecular formula is C13H17Cl2NO2S. The third kappa shape index (κ3) is 4.35. The van der Waals surface area contributed by atoms with Gasteiger partial charge in [-0.3, -0.25) is 0 Å². The number of hydrogen-bond donors (Lipinski definition) is 1. The molecular weight excluding hydrogens is 305 g/mol. The van der Waals surface area contributed by atoms with Crippen LogP contribution in [0, 0.1) is 12.8 Å². The van der Waals surface area contributed by atoms with Gasteiger partial charge in [0.15, 0.2) is 0 Å². The number of hydrogen-bond acceptors (Lipinski definition) is 2. The van der Waals surface area contributed by atoms with E-state index in [1.165, 1.54) is 0 Å². The molecule has 1 N–H and O–H groups in total. The largest absolute Gasteiger partial charge is 0.212 e. The van der Waals surface area contributed by atoms with Crippen molar-refractivity contribution in [2.24, 2.45) is 5.92 Å². The van der Waals surface area contributed by atoms with E-state index in [0.717, 1.165) is 24.0 Å². The molecule has 1 aliphatic rings. The van der Waals surface area contributed by atoms with Crippen LogP contribution in [-0.2, 0) is 16.6 Å². The lowest BCUT2D eigenvalue weighted by Crippen LogP contribution is -2.35. The van der Waals surface area contributed by atoms with E-state index in [1.54, 1.807) is 12.1 Å². The predicted octanol–water partition coefficient (Wildman–Crippen LogP) is 3.09. The number of rotatable bonds is 5. The van der Waals surface area contributed by atoms with Crippen LogP contribution in [0.1, 0.15) is 24.0 Å². The maximum Gasteiger partial charge on any atom is 0.212 e. The highest BCUT2D eigenvalue weighted by molar-refractivity contribution is 7.89. The lowest BCUT2D eigenvalue weighted by molar-refractivity contribution is 0.354. The molecule has 0 heterocycles. The van der Waals surface area contributed by atoms with E-state index in [2.05, 4.69) is 4.72 Å². The van der Waals surface area contributed by atoms with Crippen LogP contribution in [-0.4, -0.2) is 19.5 Å². The topological polar surface area (TPSA) is 46.2 Å². The van der Waals surface area contributed by atoms with Crippen LogP contribution in [0.25, 0.3) is 0 Å². The van der Waals surface area contributed by atoms with Crippen LogP contribution >= 0.6 is 23.2 Å². The maximum absolute atomic E-state index is 11.9. The second kappa shape index (κ2) is 6.00. The van der Waals surface area contributed by atoms with E-state index < -0.39 is 10.0 Å². The number of benzene rings is 1. The van der Waals surface area contributed by atoms with E-state index in [-0.39, 0.29) is 23.6 Å². The summed E-state index contributed by atoms with van der Waals surface area (Å²) in [6.07, 6.45) is 1.58. The molecule has 2 rings (SSSR count). The summed E-state index contributed by atoms with van der Waals surface area (Å²) < 4.78 is 26.5. The molecule has 3 nitrogen and oxygen atoms in total. The van der Waals surface area contributed by atoms with Gasteiger partial charge in [-0.15, -0.1) is 11.6 Å². The fourth-order valence-electron chi connectivity index (χ4n) is 2.18. The summed E-state index contributed by atoms with van der Waals surface area (Å²) in [7, 11) is -3.24. The van der Waals surface area contributed by atoms with Gasteiger partial charge in [-0.2, -0.15) is 0 Å². The standard InChI is InChI=1S/C13H17Cl2NO2S/c1-9-2-3-12(14)6-11(9)7-16-19(17,18)8-10-4-13(15)5-10/h2-3,6,10,13,16H,4-5,7-8H2,1H3. The average Bonchev–Trinajstić information content (AvgIpc) is 2.28. The molecule has 0 spiro atoms. The van der Waals surface area contributed by atoms with Crippen LogP contribution < -0.4 is 4.72 Å². The van der Waals surface area contributed by atoms with Crippen LogP contribution in [0.2, 0.25) is 5.02 Å². The number of nitrogens with one attached hydrogen (secondary N) is 1. The Morgan fingerprint density at radius 2 is 2.05 bits per heavy atom. The fourth-order valence-corrected chi connectivity index (χ4v) is 4.26. The molecule has 0 bridgehead atoms. The number of aryl methyl sites for hydroxylation is 1. The third-order valence-electron chi connectivity index (χ3n) is 3.43. The van der Waals surface area contributed by atoms with Crippen LogP contribution in [0.5, 0.6) is 0 Å².